The summed E-state index contributed by atoms with van der Waals surface area (Å²) < 4.78 is 2.10. The Balaban J connectivity index is 0.00000676. The molecule has 0 bridgehead atoms. The Hall–Kier alpha value is -0.900. The highest BCUT2D eigenvalue weighted by molar-refractivity contribution is 14.0. The summed E-state index contributed by atoms with van der Waals surface area (Å²) in [5, 5.41) is 15.1. The number of hydrogen-bond donors (Lipinski definition) is 2. The van der Waals surface area contributed by atoms with Crippen molar-refractivity contribution in [2.24, 2.45) is 4.99 Å². The number of guanidine groups is 1. The minimum atomic E-state index is 0. The largest absolute Gasteiger partial charge is 0.355 e. The van der Waals surface area contributed by atoms with Crippen LogP contribution in [0.25, 0.3) is 0 Å². The molecule has 1 atom stereocenters. The second-order valence-corrected chi connectivity index (χ2v) is 6.67. The van der Waals surface area contributed by atoms with Gasteiger partial charge in [0.25, 0.3) is 0 Å². The van der Waals surface area contributed by atoms with Crippen molar-refractivity contribution in [3.8, 4) is 0 Å². The quantitative estimate of drug-likeness (QED) is 0.251. The molecule has 0 aliphatic carbocycles. The third-order valence-electron chi connectivity index (χ3n) is 4.54. The van der Waals surface area contributed by atoms with E-state index in [0.29, 0.717) is 6.04 Å². The summed E-state index contributed by atoms with van der Waals surface area (Å²) in [5.41, 5.74) is 0. The van der Waals surface area contributed by atoms with E-state index in [2.05, 4.69) is 69.9 Å². The zero-order valence-corrected chi connectivity index (χ0v) is 20.2. The lowest BCUT2D eigenvalue weighted by Crippen LogP contribution is -2.43. The molecule has 158 valence electrons. The van der Waals surface area contributed by atoms with E-state index in [4.69, 9.17) is 0 Å². The molecule has 0 aliphatic rings. The summed E-state index contributed by atoms with van der Waals surface area (Å²) in [6.45, 7) is 16.9. The molecule has 0 fully saturated rings. The molecule has 1 aromatic rings. The number of hydrogen-bond acceptors (Lipinski definition) is 4. The number of aromatic nitrogens is 3. The lowest BCUT2D eigenvalue weighted by molar-refractivity contribution is 0.292. The first-order chi connectivity index (χ1) is 12.6. The predicted molar refractivity (Wildman–Crippen MR) is 125 cm³/mol. The summed E-state index contributed by atoms with van der Waals surface area (Å²) in [7, 11) is 0. The van der Waals surface area contributed by atoms with Gasteiger partial charge in [0.15, 0.2) is 5.96 Å². The maximum atomic E-state index is 4.66. The molecular formula is C19H40IN7. The van der Waals surface area contributed by atoms with Gasteiger partial charge in [-0.2, -0.15) is 0 Å². The lowest BCUT2D eigenvalue weighted by atomic mass is 10.2. The molecule has 1 unspecified atom stereocenters. The van der Waals surface area contributed by atoms with Gasteiger partial charge in [0.05, 0.1) is 0 Å². The second kappa shape index (κ2) is 16.1. The molecule has 0 radical (unpaired) electrons. The molecule has 1 aromatic heterocycles. The van der Waals surface area contributed by atoms with Crippen LogP contribution in [-0.2, 0) is 13.0 Å². The van der Waals surface area contributed by atoms with Gasteiger partial charge in [-0.3, -0.25) is 4.99 Å². The van der Waals surface area contributed by atoms with Gasteiger partial charge in [0, 0.05) is 32.1 Å². The number of nitrogens with one attached hydrogen (secondary N) is 2. The number of aliphatic imine (C=N–C) groups is 1. The van der Waals surface area contributed by atoms with Crippen LogP contribution in [0.2, 0.25) is 0 Å². The average Bonchev–Trinajstić information content (AvgIpc) is 3.10. The van der Waals surface area contributed by atoms with E-state index in [9.17, 15) is 0 Å². The highest BCUT2D eigenvalue weighted by Gasteiger charge is 2.07. The first kappa shape index (κ1) is 26.1. The molecule has 0 saturated carbocycles. The lowest BCUT2D eigenvalue weighted by Gasteiger charge is -2.21. The van der Waals surface area contributed by atoms with E-state index in [0.717, 1.165) is 63.8 Å². The molecule has 8 heteroatoms. The fraction of sp³-hybridized carbons (Fsp3) is 0.842. The molecule has 0 spiro atoms. The molecule has 7 nitrogen and oxygen atoms in total. The molecule has 0 aliphatic heterocycles. The Kier molecular flexibility index (Phi) is 15.6. The maximum absolute atomic E-state index is 4.66. The van der Waals surface area contributed by atoms with Crippen molar-refractivity contribution in [2.45, 2.75) is 72.9 Å². The Morgan fingerprint density at radius 1 is 1.26 bits per heavy atom. The van der Waals surface area contributed by atoms with E-state index in [1.807, 2.05) is 0 Å². The predicted octanol–water partition coefficient (Wildman–Crippen LogP) is 2.91. The summed E-state index contributed by atoms with van der Waals surface area (Å²) in [6.07, 6.45) is 6.10. The van der Waals surface area contributed by atoms with Crippen LogP contribution in [0.4, 0.5) is 0 Å². The van der Waals surface area contributed by atoms with Crippen LogP contribution in [0.3, 0.4) is 0 Å². The summed E-state index contributed by atoms with van der Waals surface area (Å²) in [5.74, 6) is 1.94. The Morgan fingerprint density at radius 3 is 2.63 bits per heavy atom. The van der Waals surface area contributed by atoms with Crippen molar-refractivity contribution >= 4 is 29.9 Å². The van der Waals surface area contributed by atoms with Crippen LogP contribution in [0.5, 0.6) is 0 Å². The first-order valence-electron chi connectivity index (χ1n) is 10.3. The Morgan fingerprint density at radius 2 is 2.00 bits per heavy atom. The van der Waals surface area contributed by atoms with Crippen molar-refractivity contribution < 1.29 is 0 Å². The SMILES string of the molecule is CCCN=C(NCCn1cnnc1CC)NC(C)CCCN(CC)CC.I. The van der Waals surface area contributed by atoms with Gasteiger partial charge >= 0.3 is 0 Å². The van der Waals surface area contributed by atoms with Crippen LogP contribution < -0.4 is 10.6 Å². The van der Waals surface area contributed by atoms with E-state index < -0.39 is 0 Å². The molecule has 0 amide bonds. The van der Waals surface area contributed by atoms with Crippen molar-refractivity contribution in [1.29, 1.82) is 0 Å². The maximum Gasteiger partial charge on any atom is 0.191 e. The van der Waals surface area contributed by atoms with Crippen LogP contribution >= 0.6 is 24.0 Å². The fourth-order valence-electron chi connectivity index (χ4n) is 2.88. The second-order valence-electron chi connectivity index (χ2n) is 6.67. The minimum absolute atomic E-state index is 0. The van der Waals surface area contributed by atoms with Gasteiger partial charge in [0.1, 0.15) is 12.2 Å². The van der Waals surface area contributed by atoms with Gasteiger partial charge in [0.2, 0.25) is 0 Å². The molecule has 0 aromatic carbocycles. The third-order valence-corrected chi connectivity index (χ3v) is 4.54. The molecule has 0 saturated heterocycles. The van der Waals surface area contributed by atoms with Crippen LogP contribution in [0, 0.1) is 0 Å². The molecule has 1 rings (SSSR count). The van der Waals surface area contributed by atoms with Gasteiger partial charge < -0.3 is 20.1 Å². The van der Waals surface area contributed by atoms with Crippen molar-refractivity contribution in [1.82, 2.24) is 30.3 Å². The minimum Gasteiger partial charge on any atom is -0.355 e. The monoisotopic (exact) mass is 493 g/mol. The molecule has 27 heavy (non-hydrogen) atoms. The standard InChI is InChI=1S/C19H39N7.HI/c1-6-12-20-19(21-13-15-26-16-22-24-18(26)7-2)23-17(5)11-10-14-25(8-3)9-4;/h16-17H,6-15H2,1-5H3,(H2,20,21,23);1H. The summed E-state index contributed by atoms with van der Waals surface area (Å²) >= 11 is 0. The Labute approximate surface area is 182 Å². The topological polar surface area (TPSA) is 70.4 Å². The number of halogens is 1. The van der Waals surface area contributed by atoms with Crippen molar-refractivity contribution in [3.05, 3.63) is 12.2 Å². The highest BCUT2D eigenvalue weighted by Crippen LogP contribution is 2.00. The number of rotatable bonds is 13. The van der Waals surface area contributed by atoms with E-state index >= 15 is 0 Å². The van der Waals surface area contributed by atoms with E-state index in [1.54, 1.807) is 6.33 Å². The van der Waals surface area contributed by atoms with Crippen LogP contribution in [0.15, 0.2) is 11.3 Å². The van der Waals surface area contributed by atoms with Gasteiger partial charge in [-0.25, -0.2) is 0 Å². The smallest absolute Gasteiger partial charge is 0.191 e. The fourth-order valence-corrected chi connectivity index (χ4v) is 2.88. The first-order valence-corrected chi connectivity index (χ1v) is 10.3. The third kappa shape index (κ3) is 10.9. The number of aryl methyl sites for hydroxylation is 1. The van der Waals surface area contributed by atoms with Crippen molar-refractivity contribution in [3.63, 3.8) is 0 Å². The average molecular weight is 493 g/mol. The zero-order valence-electron chi connectivity index (χ0n) is 17.9. The molecule has 1 heterocycles. The zero-order chi connectivity index (χ0) is 19.2. The summed E-state index contributed by atoms with van der Waals surface area (Å²) in [4.78, 5) is 7.14. The van der Waals surface area contributed by atoms with Gasteiger partial charge in [-0.05, 0) is 45.8 Å². The number of nitrogens with zero attached hydrogens (tertiary/aromatic N) is 5. The normalized spacial score (nSPS) is 12.7. The van der Waals surface area contributed by atoms with E-state index in [-0.39, 0.29) is 24.0 Å². The van der Waals surface area contributed by atoms with Gasteiger partial charge in [-0.1, -0.05) is 27.7 Å². The van der Waals surface area contributed by atoms with Gasteiger partial charge in [-0.15, -0.1) is 34.2 Å². The van der Waals surface area contributed by atoms with E-state index in [1.165, 1.54) is 13.0 Å². The summed E-state index contributed by atoms with van der Waals surface area (Å²) in [6, 6.07) is 0.412. The van der Waals surface area contributed by atoms with Crippen LogP contribution in [0.1, 0.15) is 59.7 Å². The highest BCUT2D eigenvalue weighted by atomic mass is 127. The molecule has 2 N–H and O–H groups in total. The Bertz CT molecular complexity index is 500. The van der Waals surface area contributed by atoms with Crippen molar-refractivity contribution in [2.75, 3.05) is 32.7 Å². The van der Waals surface area contributed by atoms with Crippen LogP contribution in [-0.4, -0.2) is 64.4 Å². The molecular weight excluding hydrogens is 453 g/mol.